The zero-order valence-corrected chi connectivity index (χ0v) is 9.96. The van der Waals surface area contributed by atoms with Crippen LogP contribution in [-0.4, -0.2) is 5.78 Å². The number of fused-ring (bicyclic) bond motifs is 1. The molecule has 1 spiro atoms. The molecular formula is C16H16O. The van der Waals surface area contributed by atoms with Gasteiger partial charge in [0.05, 0.1) is 0 Å². The Labute approximate surface area is 102 Å². The SMILES string of the molecule is C=C/C=C1\C(=C)C2=C(C=CCC2)C12CC(=O)C2. The van der Waals surface area contributed by atoms with Gasteiger partial charge in [-0.15, -0.1) is 0 Å². The van der Waals surface area contributed by atoms with E-state index < -0.39 is 0 Å². The first-order valence-electron chi connectivity index (χ1n) is 6.14. The van der Waals surface area contributed by atoms with E-state index in [9.17, 15) is 4.79 Å². The Kier molecular flexibility index (Phi) is 2.12. The highest BCUT2D eigenvalue weighted by Gasteiger charge is 2.53. The van der Waals surface area contributed by atoms with Crippen molar-refractivity contribution in [3.63, 3.8) is 0 Å². The molecule has 86 valence electrons. The maximum atomic E-state index is 11.5. The van der Waals surface area contributed by atoms with E-state index in [1.54, 1.807) is 0 Å². The summed E-state index contributed by atoms with van der Waals surface area (Å²) in [6.45, 7) is 8.00. The standard InChI is InChI=1S/C16H16O/c1-3-6-14-11(2)13-7-4-5-8-15(13)16(14)9-12(17)10-16/h3,5-6,8H,1-2,4,7,9-10H2/b14-6+. The van der Waals surface area contributed by atoms with Crippen molar-refractivity contribution in [2.75, 3.05) is 0 Å². The molecule has 1 saturated carbocycles. The molecule has 0 atom stereocenters. The highest BCUT2D eigenvalue weighted by atomic mass is 16.1. The van der Waals surface area contributed by atoms with Crippen LogP contribution in [0.5, 0.6) is 0 Å². The summed E-state index contributed by atoms with van der Waals surface area (Å²) in [7, 11) is 0. The van der Waals surface area contributed by atoms with Crippen molar-refractivity contribution in [3.05, 3.63) is 59.8 Å². The summed E-state index contributed by atoms with van der Waals surface area (Å²) in [6.07, 6.45) is 11.7. The summed E-state index contributed by atoms with van der Waals surface area (Å²) in [6, 6.07) is 0. The zero-order valence-electron chi connectivity index (χ0n) is 9.96. The molecule has 0 radical (unpaired) electrons. The lowest BCUT2D eigenvalue weighted by Crippen LogP contribution is -2.38. The minimum Gasteiger partial charge on any atom is -0.300 e. The Hall–Kier alpha value is -1.63. The molecule has 0 unspecified atom stereocenters. The normalized spacial score (nSPS) is 27.6. The number of Topliss-reactive ketones (excluding diaryl/α,β-unsaturated/α-hetero) is 1. The summed E-state index contributed by atoms with van der Waals surface area (Å²) < 4.78 is 0. The molecule has 3 rings (SSSR count). The number of ketones is 1. The summed E-state index contributed by atoms with van der Waals surface area (Å²) >= 11 is 0. The average molecular weight is 224 g/mol. The van der Waals surface area contributed by atoms with E-state index >= 15 is 0 Å². The lowest BCUT2D eigenvalue weighted by Gasteiger charge is -2.40. The maximum Gasteiger partial charge on any atom is 0.135 e. The van der Waals surface area contributed by atoms with Crippen LogP contribution >= 0.6 is 0 Å². The minimum absolute atomic E-state index is 0.0470. The van der Waals surface area contributed by atoms with Gasteiger partial charge in [0.1, 0.15) is 5.78 Å². The number of hydrogen-bond acceptors (Lipinski definition) is 1. The molecule has 17 heavy (non-hydrogen) atoms. The second-order valence-corrected chi connectivity index (χ2v) is 5.10. The molecule has 3 aliphatic rings. The first-order chi connectivity index (χ1) is 8.19. The second kappa shape index (κ2) is 3.43. The van der Waals surface area contributed by atoms with E-state index in [1.807, 2.05) is 12.2 Å². The number of hydrogen-bond donors (Lipinski definition) is 0. The smallest absolute Gasteiger partial charge is 0.135 e. The first-order valence-corrected chi connectivity index (χ1v) is 6.14. The van der Waals surface area contributed by atoms with Crippen molar-refractivity contribution in [1.82, 2.24) is 0 Å². The van der Waals surface area contributed by atoms with Gasteiger partial charge in [-0.1, -0.05) is 37.5 Å². The van der Waals surface area contributed by atoms with Crippen LogP contribution in [0.25, 0.3) is 0 Å². The molecule has 0 saturated heterocycles. The van der Waals surface area contributed by atoms with Crippen molar-refractivity contribution in [1.29, 1.82) is 0 Å². The Bertz CT molecular complexity index is 518. The molecule has 0 aromatic rings. The minimum atomic E-state index is -0.0470. The van der Waals surface area contributed by atoms with Crippen LogP contribution in [0.4, 0.5) is 0 Å². The molecule has 0 aromatic heterocycles. The maximum absolute atomic E-state index is 11.5. The largest absolute Gasteiger partial charge is 0.300 e. The van der Waals surface area contributed by atoms with E-state index in [0.29, 0.717) is 18.6 Å². The van der Waals surface area contributed by atoms with Crippen LogP contribution in [0.2, 0.25) is 0 Å². The van der Waals surface area contributed by atoms with Crippen LogP contribution in [0.3, 0.4) is 0 Å². The van der Waals surface area contributed by atoms with Crippen LogP contribution in [0, 0.1) is 5.41 Å². The summed E-state index contributed by atoms with van der Waals surface area (Å²) in [5, 5.41) is 0. The first kappa shape index (κ1) is 10.5. The lowest BCUT2D eigenvalue weighted by molar-refractivity contribution is -0.128. The molecule has 3 aliphatic carbocycles. The summed E-state index contributed by atoms with van der Waals surface area (Å²) in [5.41, 5.74) is 5.03. The summed E-state index contributed by atoms with van der Waals surface area (Å²) in [5.74, 6) is 0.362. The predicted molar refractivity (Wildman–Crippen MR) is 69.5 cm³/mol. The van der Waals surface area contributed by atoms with Crippen LogP contribution < -0.4 is 0 Å². The fraction of sp³-hybridized carbons (Fsp3) is 0.312. The van der Waals surface area contributed by atoms with E-state index in [-0.39, 0.29) is 5.41 Å². The lowest BCUT2D eigenvalue weighted by atomic mass is 9.60. The second-order valence-electron chi connectivity index (χ2n) is 5.10. The van der Waals surface area contributed by atoms with Gasteiger partial charge in [-0.2, -0.15) is 0 Å². The van der Waals surface area contributed by atoms with E-state index in [4.69, 9.17) is 0 Å². The Morgan fingerprint density at radius 1 is 1.35 bits per heavy atom. The van der Waals surface area contributed by atoms with Crippen molar-refractivity contribution >= 4 is 5.78 Å². The molecule has 0 aromatic carbocycles. The number of allylic oxidation sites excluding steroid dienone is 8. The number of rotatable bonds is 1. The van der Waals surface area contributed by atoms with Crippen LogP contribution in [-0.2, 0) is 4.79 Å². The van der Waals surface area contributed by atoms with Gasteiger partial charge in [-0.05, 0) is 35.1 Å². The van der Waals surface area contributed by atoms with Gasteiger partial charge in [0.2, 0.25) is 0 Å². The molecule has 0 heterocycles. The molecule has 0 N–H and O–H groups in total. The Morgan fingerprint density at radius 2 is 2.12 bits per heavy atom. The fourth-order valence-electron chi connectivity index (χ4n) is 3.40. The molecule has 0 amide bonds. The predicted octanol–water partition coefficient (Wildman–Crippen LogP) is 3.66. The average Bonchev–Trinajstić information content (AvgIpc) is 2.53. The fourth-order valence-corrected chi connectivity index (χ4v) is 3.40. The highest BCUT2D eigenvalue weighted by molar-refractivity contribution is 5.92. The zero-order chi connectivity index (χ0) is 12.0. The van der Waals surface area contributed by atoms with Crippen molar-refractivity contribution in [2.24, 2.45) is 5.41 Å². The van der Waals surface area contributed by atoms with Crippen molar-refractivity contribution in [2.45, 2.75) is 25.7 Å². The van der Waals surface area contributed by atoms with Gasteiger partial charge in [0, 0.05) is 18.3 Å². The Balaban J connectivity index is 2.15. The number of carbonyl (C=O) groups excluding carboxylic acids is 1. The molecule has 0 aliphatic heterocycles. The van der Waals surface area contributed by atoms with E-state index in [2.05, 4.69) is 25.3 Å². The van der Waals surface area contributed by atoms with Crippen LogP contribution in [0.1, 0.15) is 25.7 Å². The van der Waals surface area contributed by atoms with Crippen molar-refractivity contribution in [3.8, 4) is 0 Å². The third-order valence-electron chi connectivity index (χ3n) is 4.17. The van der Waals surface area contributed by atoms with Gasteiger partial charge >= 0.3 is 0 Å². The molecule has 0 bridgehead atoms. The van der Waals surface area contributed by atoms with Gasteiger partial charge in [0.15, 0.2) is 0 Å². The topological polar surface area (TPSA) is 17.1 Å². The monoisotopic (exact) mass is 224 g/mol. The van der Waals surface area contributed by atoms with Crippen molar-refractivity contribution < 1.29 is 4.79 Å². The van der Waals surface area contributed by atoms with Gasteiger partial charge < -0.3 is 0 Å². The highest BCUT2D eigenvalue weighted by Crippen LogP contribution is 2.61. The third kappa shape index (κ3) is 1.22. The third-order valence-corrected chi connectivity index (χ3v) is 4.17. The quantitative estimate of drug-likeness (QED) is 0.664. The van der Waals surface area contributed by atoms with E-state index in [0.717, 1.165) is 18.4 Å². The van der Waals surface area contributed by atoms with Gasteiger partial charge in [0.25, 0.3) is 0 Å². The van der Waals surface area contributed by atoms with E-state index in [1.165, 1.54) is 16.7 Å². The molecule has 1 fully saturated rings. The number of carbonyl (C=O) groups is 1. The van der Waals surface area contributed by atoms with Gasteiger partial charge in [-0.3, -0.25) is 4.79 Å². The van der Waals surface area contributed by atoms with Crippen LogP contribution in [0.15, 0.2) is 59.8 Å². The summed E-state index contributed by atoms with van der Waals surface area (Å²) in [4.78, 5) is 11.5. The molecule has 1 nitrogen and oxygen atoms in total. The molecular weight excluding hydrogens is 208 g/mol. The Morgan fingerprint density at radius 3 is 2.76 bits per heavy atom. The molecule has 1 heteroatoms. The van der Waals surface area contributed by atoms with Gasteiger partial charge in [-0.25, -0.2) is 0 Å².